The van der Waals surface area contributed by atoms with Gasteiger partial charge in [0, 0.05) is 25.2 Å². The smallest absolute Gasteiger partial charge is 0.242 e. The quantitative estimate of drug-likeness (QED) is 0.828. The Balaban J connectivity index is 2.30. The molecular weight excluding hydrogens is 292 g/mol. The molecule has 0 radical (unpaired) electrons. The normalized spacial score (nSPS) is 15.0. The van der Waals surface area contributed by atoms with Gasteiger partial charge in [0.25, 0.3) is 0 Å². The number of aromatic nitrogens is 1. The topological polar surface area (TPSA) is 88.5 Å². The molecule has 1 heterocycles. The Morgan fingerprint density at radius 2 is 2.05 bits per heavy atom. The van der Waals surface area contributed by atoms with Gasteiger partial charge in [0.15, 0.2) is 0 Å². The van der Waals surface area contributed by atoms with Crippen molar-refractivity contribution in [2.45, 2.75) is 17.4 Å². The van der Waals surface area contributed by atoms with Crippen LogP contribution in [0.3, 0.4) is 0 Å². The van der Waals surface area contributed by atoms with Crippen molar-refractivity contribution in [3.63, 3.8) is 0 Å². The van der Waals surface area contributed by atoms with Crippen molar-refractivity contribution in [2.75, 3.05) is 20.3 Å². The SMILES string of the molecule is COCC(C)(O)CNS(=O)(=O)c1cccc2cccnc12. The van der Waals surface area contributed by atoms with Crippen molar-refractivity contribution in [3.05, 3.63) is 36.5 Å². The number of aliphatic hydroxyl groups is 1. The third kappa shape index (κ3) is 3.76. The van der Waals surface area contributed by atoms with Crippen molar-refractivity contribution in [1.29, 1.82) is 0 Å². The summed E-state index contributed by atoms with van der Waals surface area (Å²) in [5, 5.41) is 10.7. The fourth-order valence-electron chi connectivity index (χ4n) is 1.98. The molecule has 2 rings (SSSR count). The first-order valence-electron chi connectivity index (χ1n) is 6.40. The highest BCUT2D eigenvalue weighted by Crippen LogP contribution is 2.20. The fraction of sp³-hybridized carbons (Fsp3) is 0.357. The van der Waals surface area contributed by atoms with E-state index in [2.05, 4.69) is 9.71 Å². The highest BCUT2D eigenvalue weighted by atomic mass is 32.2. The molecule has 6 nitrogen and oxygen atoms in total. The Morgan fingerprint density at radius 1 is 1.33 bits per heavy atom. The molecule has 0 aliphatic heterocycles. The molecule has 2 aromatic rings. The first-order valence-corrected chi connectivity index (χ1v) is 7.89. The molecule has 0 fully saturated rings. The summed E-state index contributed by atoms with van der Waals surface area (Å²) in [5.74, 6) is 0. The van der Waals surface area contributed by atoms with E-state index in [-0.39, 0.29) is 18.0 Å². The molecule has 1 atom stereocenters. The number of sulfonamides is 1. The van der Waals surface area contributed by atoms with Gasteiger partial charge in [0.1, 0.15) is 4.90 Å². The van der Waals surface area contributed by atoms with Crippen LogP contribution in [-0.4, -0.2) is 44.4 Å². The van der Waals surface area contributed by atoms with Crippen LogP contribution in [0.2, 0.25) is 0 Å². The number of nitrogens with one attached hydrogen (secondary N) is 1. The van der Waals surface area contributed by atoms with Gasteiger partial charge in [-0.05, 0) is 19.1 Å². The summed E-state index contributed by atoms with van der Waals surface area (Å²) in [5.41, 5.74) is -0.876. The number of hydrogen-bond acceptors (Lipinski definition) is 5. The summed E-state index contributed by atoms with van der Waals surface area (Å²) < 4.78 is 32.0. The van der Waals surface area contributed by atoms with Crippen molar-refractivity contribution < 1.29 is 18.3 Å². The van der Waals surface area contributed by atoms with Crippen LogP contribution in [0.25, 0.3) is 10.9 Å². The standard InChI is InChI=1S/C14H18N2O4S/c1-14(17,10-20-2)9-16-21(18,19)12-7-3-5-11-6-4-8-15-13(11)12/h3-8,16-17H,9-10H2,1-2H3. The second kappa shape index (κ2) is 6.07. The van der Waals surface area contributed by atoms with Crippen molar-refractivity contribution >= 4 is 20.9 Å². The molecule has 21 heavy (non-hydrogen) atoms. The first kappa shape index (κ1) is 15.8. The minimum absolute atomic E-state index is 0.0311. The molecule has 114 valence electrons. The van der Waals surface area contributed by atoms with Gasteiger partial charge in [0.05, 0.1) is 17.7 Å². The Kier molecular flexibility index (Phi) is 4.58. The number of methoxy groups -OCH3 is 1. The van der Waals surface area contributed by atoms with E-state index < -0.39 is 15.6 Å². The molecule has 0 aliphatic carbocycles. The number of hydrogen-bond donors (Lipinski definition) is 2. The van der Waals surface area contributed by atoms with E-state index in [1.807, 2.05) is 0 Å². The largest absolute Gasteiger partial charge is 0.386 e. The van der Waals surface area contributed by atoms with E-state index in [1.54, 1.807) is 30.5 Å². The molecule has 0 saturated heterocycles. The molecule has 0 spiro atoms. The second-order valence-electron chi connectivity index (χ2n) is 5.09. The van der Waals surface area contributed by atoms with E-state index in [4.69, 9.17) is 4.74 Å². The number of ether oxygens (including phenoxy) is 1. The highest BCUT2D eigenvalue weighted by Gasteiger charge is 2.25. The first-order chi connectivity index (χ1) is 9.86. The lowest BCUT2D eigenvalue weighted by atomic mass is 10.1. The molecule has 1 aromatic heterocycles. The van der Waals surface area contributed by atoms with Crippen LogP contribution in [-0.2, 0) is 14.8 Å². The average Bonchev–Trinajstić information content (AvgIpc) is 2.45. The van der Waals surface area contributed by atoms with Gasteiger partial charge >= 0.3 is 0 Å². The number of fused-ring (bicyclic) bond motifs is 1. The maximum absolute atomic E-state index is 12.4. The monoisotopic (exact) mass is 310 g/mol. The van der Waals surface area contributed by atoms with Gasteiger partial charge in [-0.2, -0.15) is 0 Å². The van der Waals surface area contributed by atoms with Crippen molar-refractivity contribution in [1.82, 2.24) is 9.71 Å². The minimum Gasteiger partial charge on any atom is -0.386 e. The molecule has 7 heteroatoms. The maximum Gasteiger partial charge on any atom is 0.242 e. The predicted molar refractivity (Wildman–Crippen MR) is 79.4 cm³/mol. The third-order valence-electron chi connectivity index (χ3n) is 2.98. The lowest BCUT2D eigenvalue weighted by Gasteiger charge is -2.22. The lowest BCUT2D eigenvalue weighted by molar-refractivity contribution is -0.0119. The fourth-order valence-corrected chi connectivity index (χ4v) is 3.32. The summed E-state index contributed by atoms with van der Waals surface area (Å²) in [6.45, 7) is 1.38. The van der Waals surface area contributed by atoms with Gasteiger partial charge in [-0.1, -0.05) is 18.2 Å². The maximum atomic E-state index is 12.4. The van der Waals surface area contributed by atoms with Crippen molar-refractivity contribution in [3.8, 4) is 0 Å². The molecule has 0 saturated carbocycles. The van der Waals surface area contributed by atoms with Gasteiger partial charge in [0.2, 0.25) is 10.0 Å². The number of para-hydroxylation sites is 1. The summed E-state index contributed by atoms with van der Waals surface area (Å²) in [6, 6.07) is 8.48. The zero-order valence-corrected chi connectivity index (χ0v) is 12.7. The summed E-state index contributed by atoms with van der Waals surface area (Å²) in [6.07, 6.45) is 1.54. The number of benzene rings is 1. The molecule has 1 aromatic carbocycles. The Labute approximate surface area is 123 Å². The van der Waals surface area contributed by atoms with E-state index in [9.17, 15) is 13.5 Å². The van der Waals surface area contributed by atoms with Gasteiger partial charge < -0.3 is 9.84 Å². The molecular formula is C14H18N2O4S. The number of rotatable bonds is 6. The van der Waals surface area contributed by atoms with Crippen LogP contribution < -0.4 is 4.72 Å². The van der Waals surface area contributed by atoms with E-state index in [0.29, 0.717) is 5.52 Å². The van der Waals surface area contributed by atoms with E-state index in [0.717, 1.165) is 5.39 Å². The lowest BCUT2D eigenvalue weighted by Crippen LogP contribution is -2.43. The molecule has 0 bridgehead atoms. The van der Waals surface area contributed by atoms with Crippen LogP contribution >= 0.6 is 0 Å². The van der Waals surface area contributed by atoms with Gasteiger partial charge in [-0.15, -0.1) is 0 Å². The summed E-state index contributed by atoms with van der Waals surface area (Å²) in [4.78, 5) is 4.21. The van der Waals surface area contributed by atoms with E-state index >= 15 is 0 Å². The zero-order chi connectivity index (χ0) is 15.5. The Morgan fingerprint density at radius 3 is 2.76 bits per heavy atom. The van der Waals surface area contributed by atoms with Crippen LogP contribution in [0.4, 0.5) is 0 Å². The summed E-state index contributed by atoms with van der Waals surface area (Å²) in [7, 11) is -2.32. The molecule has 2 N–H and O–H groups in total. The molecule has 1 unspecified atom stereocenters. The Hall–Kier alpha value is -1.54. The summed E-state index contributed by atoms with van der Waals surface area (Å²) >= 11 is 0. The average molecular weight is 310 g/mol. The predicted octanol–water partition coefficient (Wildman–Crippen LogP) is 0.910. The third-order valence-corrected chi connectivity index (χ3v) is 4.42. The van der Waals surface area contributed by atoms with Crippen LogP contribution in [0.5, 0.6) is 0 Å². The molecule has 0 amide bonds. The number of nitrogens with zero attached hydrogens (tertiary/aromatic N) is 1. The Bertz CT molecular complexity index is 723. The minimum atomic E-state index is -3.77. The second-order valence-corrected chi connectivity index (χ2v) is 6.82. The molecule has 0 aliphatic rings. The van der Waals surface area contributed by atoms with Gasteiger partial charge in [-0.3, -0.25) is 4.98 Å². The van der Waals surface area contributed by atoms with Crippen LogP contribution in [0.15, 0.2) is 41.4 Å². The number of pyridine rings is 1. The highest BCUT2D eigenvalue weighted by molar-refractivity contribution is 7.89. The van der Waals surface area contributed by atoms with Crippen LogP contribution in [0.1, 0.15) is 6.92 Å². The zero-order valence-electron chi connectivity index (χ0n) is 11.9. The van der Waals surface area contributed by atoms with Crippen molar-refractivity contribution in [2.24, 2.45) is 0 Å². The van der Waals surface area contributed by atoms with Gasteiger partial charge in [-0.25, -0.2) is 13.1 Å². The van der Waals surface area contributed by atoms with Crippen LogP contribution in [0, 0.1) is 0 Å². The van der Waals surface area contributed by atoms with E-state index in [1.165, 1.54) is 20.1 Å².